The van der Waals surface area contributed by atoms with Crippen LogP contribution in [0.3, 0.4) is 0 Å². The van der Waals surface area contributed by atoms with Crippen molar-refractivity contribution in [3.05, 3.63) is 81.7 Å². The molecule has 3 rings (SSSR count). The molecule has 0 aliphatic rings. The van der Waals surface area contributed by atoms with Crippen LogP contribution in [0, 0.1) is 13.8 Å². The lowest BCUT2D eigenvalue weighted by Crippen LogP contribution is -2.50. The molecule has 0 saturated heterocycles. The Labute approximate surface area is 227 Å². The number of ether oxygens (including phenoxy) is 1. The third-order valence-electron chi connectivity index (χ3n) is 5.92. The molecular formula is C27H31Cl2N5O3. The number of aryl methyl sites for hydroxylation is 1. The number of hydrogen-bond acceptors (Lipinski definition) is 5. The second-order valence-corrected chi connectivity index (χ2v) is 9.37. The fourth-order valence-electron chi connectivity index (χ4n) is 3.91. The van der Waals surface area contributed by atoms with Gasteiger partial charge in [0.25, 0.3) is 5.91 Å². The summed E-state index contributed by atoms with van der Waals surface area (Å²) in [5, 5.41) is 7.40. The Hall–Kier alpha value is -3.33. The molecule has 0 aliphatic heterocycles. The van der Waals surface area contributed by atoms with Crippen molar-refractivity contribution in [1.82, 2.24) is 20.2 Å². The molecule has 1 unspecified atom stereocenters. The van der Waals surface area contributed by atoms with Crippen molar-refractivity contribution in [3.8, 4) is 16.9 Å². The van der Waals surface area contributed by atoms with Crippen molar-refractivity contribution >= 4 is 35.0 Å². The molecule has 196 valence electrons. The van der Waals surface area contributed by atoms with Gasteiger partial charge >= 0.3 is 0 Å². The van der Waals surface area contributed by atoms with Crippen LogP contribution in [0.2, 0.25) is 10.0 Å². The molecule has 0 aliphatic carbocycles. The molecule has 10 heteroatoms. The van der Waals surface area contributed by atoms with Crippen LogP contribution in [0.4, 0.5) is 0 Å². The Morgan fingerprint density at radius 2 is 1.86 bits per heavy atom. The fourth-order valence-corrected chi connectivity index (χ4v) is 4.40. The van der Waals surface area contributed by atoms with Gasteiger partial charge in [-0.1, -0.05) is 66.9 Å². The Morgan fingerprint density at radius 3 is 2.46 bits per heavy atom. The number of benzene rings is 2. The van der Waals surface area contributed by atoms with Gasteiger partial charge in [-0.2, -0.15) is 5.10 Å². The Morgan fingerprint density at radius 1 is 1.16 bits per heavy atom. The number of nitrogens with zero attached hydrogens (tertiary/aromatic N) is 3. The summed E-state index contributed by atoms with van der Waals surface area (Å²) in [6, 6.07) is 13.0. The van der Waals surface area contributed by atoms with Gasteiger partial charge in [-0.3, -0.25) is 15.0 Å². The van der Waals surface area contributed by atoms with Gasteiger partial charge in [-0.05, 0) is 38.5 Å². The highest BCUT2D eigenvalue weighted by molar-refractivity contribution is 6.35. The molecule has 2 aromatic carbocycles. The van der Waals surface area contributed by atoms with E-state index in [1.54, 1.807) is 27.9 Å². The van der Waals surface area contributed by atoms with E-state index >= 15 is 0 Å². The molecule has 3 N–H and O–H groups in total. The molecule has 1 heterocycles. The molecule has 0 spiro atoms. The minimum Gasteiger partial charge on any atom is -0.499 e. The largest absolute Gasteiger partial charge is 0.499 e. The number of halogens is 2. The lowest BCUT2D eigenvalue weighted by molar-refractivity contribution is -0.113. The maximum atomic E-state index is 13.5. The van der Waals surface area contributed by atoms with Crippen LogP contribution in [0.15, 0.2) is 54.8 Å². The monoisotopic (exact) mass is 543 g/mol. The summed E-state index contributed by atoms with van der Waals surface area (Å²) >= 11 is 12.7. The zero-order valence-corrected chi connectivity index (χ0v) is 22.8. The van der Waals surface area contributed by atoms with E-state index in [1.165, 1.54) is 6.26 Å². The van der Waals surface area contributed by atoms with E-state index in [0.29, 0.717) is 34.3 Å². The lowest BCUT2D eigenvalue weighted by Gasteiger charge is -2.29. The van der Waals surface area contributed by atoms with Gasteiger partial charge in [0.1, 0.15) is 6.61 Å². The van der Waals surface area contributed by atoms with Crippen molar-refractivity contribution in [1.29, 1.82) is 0 Å². The number of likely N-dealkylation sites (N-methyl/N-ethyl adjacent to an activating group) is 1. The smallest absolute Gasteiger partial charge is 0.286 e. The summed E-state index contributed by atoms with van der Waals surface area (Å²) in [5.74, 6) is -0.951. The molecule has 0 radical (unpaired) electrons. The number of rotatable bonds is 11. The highest BCUT2D eigenvalue weighted by atomic mass is 35.5. The minimum atomic E-state index is -0.593. The number of amides is 2. The zero-order chi connectivity index (χ0) is 27.1. The first kappa shape index (κ1) is 28.2. The topological polar surface area (TPSA) is 102 Å². The van der Waals surface area contributed by atoms with Gasteiger partial charge in [0, 0.05) is 28.8 Å². The number of aromatic nitrogens is 2. The summed E-state index contributed by atoms with van der Waals surface area (Å²) < 4.78 is 7.12. The summed E-state index contributed by atoms with van der Waals surface area (Å²) in [7, 11) is 0. The van der Waals surface area contributed by atoms with Crippen LogP contribution >= 0.6 is 23.2 Å². The number of hydrazine groups is 1. The average molecular weight is 544 g/mol. The summed E-state index contributed by atoms with van der Waals surface area (Å²) in [5.41, 5.74) is 12.4. The predicted octanol–water partition coefficient (Wildman–Crippen LogP) is 5.22. The Balaban J connectivity index is 1.97. The summed E-state index contributed by atoms with van der Waals surface area (Å²) in [6.07, 6.45) is 3.10. The van der Waals surface area contributed by atoms with Crippen molar-refractivity contribution in [2.45, 2.75) is 40.2 Å². The third kappa shape index (κ3) is 6.91. The maximum absolute atomic E-state index is 13.5. The van der Waals surface area contributed by atoms with Crippen LogP contribution < -0.4 is 11.2 Å². The van der Waals surface area contributed by atoms with Gasteiger partial charge in [0.05, 0.1) is 28.7 Å². The zero-order valence-electron chi connectivity index (χ0n) is 21.3. The van der Waals surface area contributed by atoms with Crippen molar-refractivity contribution in [2.75, 3.05) is 13.2 Å². The van der Waals surface area contributed by atoms with E-state index in [4.69, 9.17) is 38.8 Å². The fraction of sp³-hybridized carbons (Fsp3) is 0.296. The minimum absolute atomic E-state index is 0.142. The highest BCUT2D eigenvalue weighted by Crippen LogP contribution is 2.33. The van der Waals surface area contributed by atoms with Crippen LogP contribution in [-0.2, 0) is 9.53 Å². The van der Waals surface area contributed by atoms with Gasteiger partial charge < -0.3 is 10.5 Å². The number of hydrogen-bond donors (Lipinski definition) is 2. The second-order valence-electron chi connectivity index (χ2n) is 8.52. The molecule has 3 aromatic rings. The van der Waals surface area contributed by atoms with Gasteiger partial charge in [0.15, 0.2) is 5.69 Å². The first-order valence-corrected chi connectivity index (χ1v) is 12.7. The van der Waals surface area contributed by atoms with Gasteiger partial charge in [-0.25, -0.2) is 9.69 Å². The molecular weight excluding hydrogens is 513 g/mol. The van der Waals surface area contributed by atoms with Crippen molar-refractivity contribution < 1.29 is 14.3 Å². The van der Waals surface area contributed by atoms with E-state index in [2.05, 4.69) is 5.43 Å². The third-order valence-corrected chi connectivity index (χ3v) is 6.45. The summed E-state index contributed by atoms with van der Waals surface area (Å²) in [6.45, 7) is 8.58. The van der Waals surface area contributed by atoms with Crippen molar-refractivity contribution in [3.63, 3.8) is 0 Å². The van der Waals surface area contributed by atoms with Gasteiger partial charge in [0.2, 0.25) is 5.91 Å². The van der Waals surface area contributed by atoms with Crippen LogP contribution in [0.25, 0.3) is 16.9 Å². The van der Waals surface area contributed by atoms with Crippen molar-refractivity contribution in [2.24, 2.45) is 5.73 Å². The molecule has 0 bridgehead atoms. The normalized spacial score (nSPS) is 12.2. The maximum Gasteiger partial charge on any atom is 0.286 e. The molecule has 1 atom stereocenters. The molecule has 2 amide bonds. The summed E-state index contributed by atoms with van der Waals surface area (Å²) in [4.78, 5) is 24.4. The number of nitrogens with one attached hydrogen (secondary N) is 1. The Bertz CT molecular complexity index is 1290. The molecule has 37 heavy (non-hydrogen) atoms. The van der Waals surface area contributed by atoms with Crippen LogP contribution in [-0.4, -0.2) is 45.8 Å². The number of carbonyl (C=O) groups excluding carboxylic acids is 2. The molecule has 0 fully saturated rings. The number of primary amides is 1. The standard InChI is InChI=1S/C27H31Cl2N5O3/c1-5-21(16-37-14-13-24(30)35)33(6-2)32-27(36)25-18(4)26(19-9-7-17(3)8-10-19)34(31-25)23-12-11-20(28)15-22(23)29/h7-15,21H,5-6,16H2,1-4H3,(H2,30,35)(H,32,36)/b14-13-. The average Bonchev–Trinajstić information content (AvgIpc) is 3.20. The SMILES string of the molecule is CCC(CO/C=C\C(N)=O)N(CC)NC(=O)c1nn(-c2ccc(Cl)cc2Cl)c(-c2ccc(C)cc2)c1C. The van der Waals surface area contributed by atoms with Crippen LogP contribution in [0.5, 0.6) is 0 Å². The van der Waals surface area contributed by atoms with E-state index in [9.17, 15) is 9.59 Å². The number of nitrogens with two attached hydrogens (primary N) is 1. The number of carbonyl (C=O) groups is 2. The predicted molar refractivity (Wildman–Crippen MR) is 147 cm³/mol. The molecule has 8 nitrogen and oxygen atoms in total. The highest BCUT2D eigenvalue weighted by Gasteiger charge is 2.26. The first-order chi connectivity index (χ1) is 17.7. The van der Waals surface area contributed by atoms with Crippen LogP contribution in [0.1, 0.15) is 41.9 Å². The quantitative estimate of drug-likeness (QED) is 0.196. The van der Waals surface area contributed by atoms with E-state index < -0.39 is 5.91 Å². The molecule has 0 saturated carbocycles. The van der Waals surface area contributed by atoms with Gasteiger partial charge in [-0.15, -0.1) is 0 Å². The van der Waals surface area contributed by atoms with E-state index in [-0.39, 0.29) is 24.2 Å². The second kappa shape index (κ2) is 12.8. The van der Waals surface area contributed by atoms with E-state index in [0.717, 1.165) is 22.9 Å². The molecule has 1 aromatic heterocycles. The lowest BCUT2D eigenvalue weighted by atomic mass is 10.0. The first-order valence-electron chi connectivity index (χ1n) is 11.9. The Kier molecular flexibility index (Phi) is 9.74. The van der Waals surface area contributed by atoms with E-state index in [1.807, 2.05) is 52.0 Å².